The first kappa shape index (κ1) is 13.3. The van der Waals surface area contributed by atoms with Crippen LogP contribution in [0.25, 0.3) is 0 Å². The fourth-order valence-electron chi connectivity index (χ4n) is 2.34. The molecule has 0 aromatic heterocycles. The zero-order valence-electron chi connectivity index (χ0n) is 10.4. The van der Waals surface area contributed by atoms with E-state index in [0.29, 0.717) is 18.2 Å². The summed E-state index contributed by atoms with van der Waals surface area (Å²) in [5.41, 5.74) is 8.79. The van der Waals surface area contributed by atoms with Crippen LogP contribution in [0, 0.1) is 6.92 Å². The molecule has 1 unspecified atom stereocenters. The quantitative estimate of drug-likeness (QED) is 0.794. The smallest absolute Gasteiger partial charge is 0.106 e. The van der Waals surface area contributed by atoms with E-state index in [2.05, 4.69) is 4.90 Å². The molecule has 0 radical (unpaired) electrons. The van der Waals surface area contributed by atoms with Crippen LogP contribution in [0.15, 0.2) is 18.2 Å². The number of aliphatic hydroxyl groups excluding tert-OH is 1. The van der Waals surface area contributed by atoms with Gasteiger partial charge in [0.05, 0.1) is 31.5 Å². The number of hydrogen-bond donors (Lipinski definition) is 2. The lowest BCUT2D eigenvalue weighted by atomic mass is 10.0. The van der Waals surface area contributed by atoms with E-state index >= 15 is 0 Å². The third kappa shape index (κ3) is 2.48. The van der Waals surface area contributed by atoms with E-state index in [1.807, 2.05) is 25.1 Å². The normalized spacial score (nSPS) is 19.9. The van der Waals surface area contributed by atoms with Gasteiger partial charge in [-0.2, -0.15) is 0 Å². The predicted octanol–water partition coefficient (Wildman–Crippen LogP) is 0.827. The summed E-state index contributed by atoms with van der Waals surface area (Å²) in [4.78, 5) is 2.53. The van der Waals surface area contributed by atoms with E-state index in [0.717, 1.165) is 23.4 Å². The number of hydrogen-bond acceptors (Lipinski definition) is 4. The zero-order valence-corrected chi connectivity index (χ0v) is 11.2. The average Bonchev–Trinajstić information content (AvgIpc) is 2.38. The molecule has 4 nitrogen and oxygen atoms in total. The summed E-state index contributed by atoms with van der Waals surface area (Å²) in [6.45, 7) is 4.01. The molecular formula is C13H18N2O2S. The van der Waals surface area contributed by atoms with Crippen molar-refractivity contribution in [2.45, 2.75) is 13.0 Å². The number of anilines is 1. The van der Waals surface area contributed by atoms with Crippen LogP contribution in [0.2, 0.25) is 0 Å². The van der Waals surface area contributed by atoms with Gasteiger partial charge in [0.15, 0.2) is 0 Å². The van der Waals surface area contributed by atoms with Crippen LogP contribution in [0.4, 0.5) is 5.69 Å². The number of morpholine rings is 1. The molecule has 1 aromatic rings. The highest BCUT2D eigenvalue weighted by Gasteiger charge is 2.26. The number of para-hydroxylation sites is 1. The van der Waals surface area contributed by atoms with E-state index in [1.165, 1.54) is 0 Å². The number of aryl methyl sites for hydroxylation is 1. The van der Waals surface area contributed by atoms with Crippen molar-refractivity contribution in [1.82, 2.24) is 0 Å². The van der Waals surface area contributed by atoms with Gasteiger partial charge >= 0.3 is 0 Å². The second-order valence-electron chi connectivity index (χ2n) is 4.44. The number of nitrogens with two attached hydrogens (primary N) is 1. The highest BCUT2D eigenvalue weighted by molar-refractivity contribution is 7.80. The summed E-state index contributed by atoms with van der Waals surface area (Å²) < 4.78 is 5.40. The van der Waals surface area contributed by atoms with Crippen LogP contribution in [0.1, 0.15) is 11.1 Å². The van der Waals surface area contributed by atoms with Crippen molar-refractivity contribution in [1.29, 1.82) is 0 Å². The second-order valence-corrected chi connectivity index (χ2v) is 4.88. The average molecular weight is 266 g/mol. The van der Waals surface area contributed by atoms with Crippen molar-refractivity contribution in [3.8, 4) is 0 Å². The third-order valence-electron chi connectivity index (χ3n) is 3.23. The minimum Gasteiger partial charge on any atom is -0.394 e. The van der Waals surface area contributed by atoms with Gasteiger partial charge in [0, 0.05) is 12.1 Å². The number of thiocarbonyl (C=S) groups is 1. The molecule has 1 aliphatic heterocycles. The van der Waals surface area contributed by atoms with Crippen molar-refractivity contribution < 1.29 is 9.84 Å². The maximum absolute atomic E-state index is 9.46. The summed E-state index contributed by atoms with van der Waals surface area (Å²) in [5, 5.41) is 9.46. The molecule has 1 saturated heterocycles. The standard InChI is InChI=1S/C13H18N2O2S/c1-9-3-2-4-11(13(14)18)12(9)15-5-6-17-8-10(15)7-16/h2-4,10,16H,5-8H2,1H3,(H2,14,18). The van der Waals surface area contributed by atoms with E-state index in [1.54, 1.807) is 0 Å². The Balaban J connectivity index is 2.44. The first-order valence-corrected chi connectivity index (χ1v) is 6.40. The molecule has 1 atom stereocenters. The van der Waals surface area contributed by atoms with Crippen molar-refractivity contribution in [3.63, 3.8) is 0 Å². The summed E-state index contributed by atoms with van der Waals surface area (Å²) in [6, 6.07) is 5.87. The Kier molecular flexibility index (Phi) is 4.16. The molecule has 0 amide bonds. The molecule has 0 spiro atoms. The Morgan fingerprint density at radius 3 is 3.06 bits per heavy atom. The number of ether oxygens (including phenoxy) is 1. The Hall–Kier alpha value is -1.17. The summed E-state index contributed by atoms with van der Waals surface area (Å²) >= 11 is 5.11. The summed E-state index contributed by atoms with van der Waals surface area (Å²) in [7, 11) is 0. The first-order valence-electron chi connectivity index (χ1n) is 5.99. The molecule has 1 heterocycles. The maximum Gasteiger partial charge on any atom is 0.106 e. The summed E-state index contributed by atoms with van der Waals surface area (Å²) in [6.07, 6.45) is 0. The molecule has 1 fully saturated rings. The van der Waals surface area contributed by atoms with Crippen LogP contribution in [-0.4, -0.2) is 42.5 Å². The van der Waals surface area contributed by atoms with Crippen LogP contribution < -0.4 is 10.6 Å². The molecule has 0 aliphatic carbocycles. The van der Waals surface area contributed by atoms with E-state index in [9.17, 15) is 5.11 Å². The van der Waals surface area contributed by atoms with Crippen LogP contribution in [-0.2, 0) is 4.74 Å². The molecule has 98 valence electrons. The predicted molar refractivity (Wildman–Crippen MR) is 76.1 cm³/mol. The fraction of sp³-hybridized carbons (Fsp3) is 0.462. The highest BCUT2D eigenvalue weighted by atomic mass is 32.1. The van der Waals surface area contributed by atoms with Crippen molar-refractivity contribution in [3.05, 3.63) is 29.3 Å². The Morgan fingerprint density at radius 2 is 2.39 bits per heavy atom. The van der Waals surface area contributed by atoms with Gasteiger partial charge < -0.3 is 20.5 Å². The van der Waals surface area contributed by atoms with E-state index < -0.39 is 0 Å². The molecule has 2 rings (SSSR count). The number of nitrogens with zero attached hydrogens (tertiary/aromatic N) is 1. The number of rotatable bonds is 3. The van der Waals surface area contributed by atoms with E-state index in [4.69, 9.17) is 22.7 Å². The van der Waals surface area contributed by atoms with Crippen molar-refractivity contribution in [2.75, 3.05) is 31.3 Å². The van der Waals surface area contributed by atoms with Crippen molar-refractivity contribution in [2.24, 2.45) is 5.73 Å². The van der Waals surface area contributed by atoms with Crippen LogP contribution in [0.5, 0.6) is 0 Å². The maximum atomic E-state index is 9.46. The molecule has 1 aromatic carbocycles. The monoisotopic (exact) mass is 266 g/mol. The third-order valence-corrected chi connectivity index (χ3v) is 3.45. The van der Waals surface area contributed by atoms with Gasteiger partial charge in [-0.15, -0.1) is 0 Å². The Bertz CT molecular complexity index is 451. The van der Waals surface area contributed by atoms with Crippen molar-refractivity contribution >= 4 is 22.9 Å². The van der Waals surface area contributed by atoms with Gasteiger partial charge in [0.2, 0.25) is 0 Å². The van der Waals surface area contributed by atoms with Crippen LogP contribution >= 0.6 is 12.2 Å². The molecule has 18 heavy (non-hydrogen) atoms. The van der Waals surface area contributed by atoms with Gasteiger partial charge in [-0.05, 0) is 18.6 Å². The first-order chi connectivity index (χ1) is 8.65. The Labute approximate surface area is 112 Å². The SMILES string of the molecule is Cc1cccc(C(N)=S)c1N1CCOCC1CO. The molecule has 0 saturated carbocycles. The molecule has 0 bridgehead atoms. The fourth-order valence-corrected chi connectivity index (χ4v) is 2.50. The molecular weight excluding hydrogens is 248 g/mol. The lowest BCUT2D eigenvalue weighted by molar-refractivity contribution is 0.0726. The topological polar surface area (TPSA) is 58.7 Å². The zero-order chi connectivity index (χ0) is 13.1. The number of aliphatic hydroxyl groups is 1. The second kappa shape index (κ2) is 5.65. The Morgan fingerprint density at radius 1 is 1.61 bits per heavy atom. The van der Waals surface area contributed by atoms with Gasteiger partial charge in [0.25, 0.3) is 0 Å². The largest absolute Gasteiger partial charge is 0.394 e. The minimum absolute atomic E-state index is 0.0343. The molecule has 1 aliphatic rings. The lowest BCUT2D eigenvalue weighted by Gasteiger charge is -2.38. The van der Waals surface area contributed by atoms with Gasteiger partial charge in [-0.25, -0.2) is 0 Å². The van der Waals surface area contributed by atoms with Crippen LogP contribution in [0.3, 0.4) is 0 Å². The van der Waals surface area contributed by atoms with Gasteiger partial charge in [0.1, 0.15) is 4.99 Å². The minimum atomic E-state index is -0.0343. The highest BCUT2D eigenvalue weighted by Crippen LogP contribution is 2.28. The van der Waals surface area contributed by atoms with Gasteiger partial charge in [-0.3, -0.25) is 0 Å². The summed E-state index contributed by atoms with van der Waals surface area (Å²) in [5.74, 6) is 0. The van der Waals surface area contributed by atoms with E-state index in [-0.39, 0.29) is 12.6 Å². The lowest BCUT2D eigenvalue weighted by Crippen LogP contribution is -2.48. The molecule has 3 N–H and O–H groups in total. The van der Waals surface area contributed by atoms with Gasteiger partial charge in [-0.1, -0.05) is 24.4 Å². The number of benzene rings is 1. The molecule has 5 heteroatoms.